The maximum atomic E-state index is 13.0. The third kappa shape index (κ3) is 3.39. The largest absolute Gasteiger partial charge is 0.507 e. The molecule has 1 fully saturated rings. The highest BCUT2D eigenvalue weighted by molar-refractivity contribution is 9.10. The number of carbonyl (C=O) groups is 2. The lowest BCUT2D eigenvalue weighted by molar-refractivity contribution is -0.132. The summed E-state index contributed by atoms with van der Waals surface area (Å²) in [5.74, 6) is -0.544. The molecule has 2 aromatic carbocycles. The molecule has 0 spiro atoms. The van der Waals surface area contributed by atoms with Crippen LogP contribution in [0.1, 0.15) is 22.9 Å². The summed E-state index contributed by atoms with van der Waals surface area (Å²) in [7, 11) is 1.54. The van der Waals surface area contributed by atoms with Crippen molar-refractivity contribution in [3.05, 3.63) is 81.5 Å². The van der Waals surface area contributed by atoms with Crippen LogP contribution in [0.15, 0.2) is 69.2 Å². The zero-order valence-corrected chi connectivity index (χ0v) is 17.7. The summed E-state index contributed by atoms with van der Waals surface area (Å²) in [4.78, 5) is 27.2. The van der Waals surface area contributed by atoms with E-state index in [-0.39, 0.29) is 17.2 Å². The smallest absolute Gasteiger partial charge is 0.301 e. The molecule has 30 heavy (non-hydrogen) atoms. The van der Waals surface area contributed by atoms with Crippen molar-refractivity contribution in [1.29, 1.82) is 0 Å². The lowest BCUT2D eigenvalue weighted by Gasteiger charge is -2.22. The molecule has 0 radical (unpaired) electrons. The first-order chi connectivity index (χ1) is 14.4. The van der Waals surface area contributed by atoms with Crippen LogP contribution in [0.3, 0.4) is 0 Å². The maximum absolute atomic E-state index is 13.0. The van der Waals surface area contributed by atoms with E-state index < -0.39 is 17.7 Å². The van der Waals surface area contributed by atoms with Crippen LogP contribution in [0.25, 0.3) is 5.76 Å². The molecule has 152 valence electrons. The molecule has 1 aliphatic heterocycles. The first-order valence-corrected chi connectivity index (χ1v) is 9.84. The van der Waals surface area contributed by atoms with E-state index >= 15 is 0 Å². The Bertz CT molecular complexity index is 1150. The summed E-state index contributed by atoms with van der Waals surface area (Å²) in [6.45, 7) is 1.69. The molecule has 1 saturated heterocycles. The summed E-state index contributed by atoms with van der Waals surface area (Å²) in [6.07, 6.45) is 0. The van der Waals surface area contributed by atoms with Crippen LogP contribution < -0.4 is 9.64 Å². The Morgan fingerprint density at radius 3 is 2.37 bits per heavy atom. The molecule has 0 bridgehead atoms. The third-order valence-electron chi connectivity index (χ3n) is 4.86. The first kappa shape index (κ1) is 19.9. The van der Waals surface area contributed by atoms with Crippen molar-refractivity contribution in [3.8, 4) is 5.75 Å². The predicted octanol–water partition coefficient (Wildman–Crippen LogP) is 4.38. The van der Waals surface area contributed by atoms with Gasteiger partial charge in [-0.05, 0) is 48.9 Å². The summed E-state index contributed by atoms with van der Waals surface area (Å²) < 4.78 is 11.1. The van der Waals surface area contributed by atoms with Crippen molar-refractivity contribution in [1.82, 2.24) is 5.16 Å². The van der Waals surface area contributed by atoms with Crippen molar-refractivity contribution in [2.45, 2.75) is 13.0 Å². The molecular weight excluding hydrogens is 452 g/mol. The van der Waals surface area contributed by atoms with Crippen LogP contribution >= 0.6 is 15.9 Å². The number of anilines is 1. The van der Waals surface area contributed by atoms with Crippen molar-refractivity contribution in [2.24, 2.45) is 0 Å². The molecule has 0 saturated carbocycles. The zero-order valence-electron chi connectivity index (χ0n) is 16.1. The minimum Gasteiger partial charge on any atom is -0.507 e. The number of aliphatic hydroxyl groups excluding tert-OH is 1. The van der Waals surface area contributed by atoms with Crippen LogP contribution in [-0.2, 0) is 9.59 Å². The van der Waals surface area contributed by atoms with E-state index in [9.17, 15) is 14.7 Å². The van der Waals surface area contributed by atoms with Gasteiger partial charge in [0.2, 0.25) is 0 Å². The number of halogens is 1. The normalized spacial score (nSPS) is 18.1. The second-order valence-electron chi connectivity index (χ2n) is 6.74. The molecule has 4 rings (SSSR count). The number of rotatable bonds is 4. The molecule has 1 N–H and O–H groups in total. The average molecular weight is 469 g/mol. The molecule has 0 unspecified atom stereocenters. The van der Waals surface area contributed by atoms with E-state index in [0.717, 1.165) is 4.47 Å². The van der Waals surface area contributed by atoms with Gasteiger partial charge >= 0.3 is 5.91 Å². The number of ketones is 1. The number of ether oxygens (including phenoxy) is 1. The van der Waals surface area contributed by atoms with Crippen molar-refractivity contribution < 1.29 is 24.0 Å². The Kier molecular flexibility index (Phi) is 5.17. The van der Waals surface area contributed by atoms with Gasteiger partial charge in [0.15, 0.2) is 5.82 Å². The van der Waals surface area contributed by atoms with Gasteiger partial charge in [0.05, 0.1) is 18.7 Å². The van der Waals surface area contributed by atoms with Crippen LogP contribution in [0.5, 0.6) is 5.75 Å². The molecule has 3 aromatic rings. The Morgan fingerprint density at radius 1 is 1.13 bits per heavy atom. The Hall–Kier alpha value is -3.39. The number of methoxy groups -OCH3 is 1. The van der Waals surface area contributed by atoms with E-state index in [1.54, 1.807) is 61.5 Å². The monoisotopic (exact) mass is 468 g/mol. The lowest BCUT2D eigenvalue weighted by atomic mass is 9.95. The van der Waals surface area contributed by atoms with E-state index in [4.69, 9.17) is 9.26 Å². The summed E-state index contributed by atoms with van der Waals surface area (Å²) in [5.41, 5.74) is 1.02. The van der Waals surface area contributed by atoms with E-state index in [1.807, 2.05) is 0 Å². The molecule has 7 nitrogen and oxygen atoms in total. The van der Waals surface area contributed by atoms with Gasteiger partial charge in [-0.1, -0.05) is 33.2 Å². The number of aryl methyl sites for hydroxylation is 1. The standard InChI is InChI=1S/C22H17BrN2O5/c1-12-11-17(24-30-12)25-19(13-3-7-15(23)8-4-13)18(21(27)22(25)28)20(26)14-5-9-16(29-2)10-6-14/h3-11,19,26H,1-2H3/t19-/m0/s1. The highest BCUT2D eigenvalue weighted by Gasteiger charge is 2.48. The molecule has 1 atom stereocenters. The minimum absolute atomic E-state index is 0.0202. The topological polar surface area (TPSA) is 92.9 Å². The van der Waals surface area contributed by atoms with Gasteiger partial charge in [0.1, 0.15) is 17.3 Å². The fourth-order valence-electron chi connectivity index (χ4n) is 3.40. The van der Waals surface area contributed by atoms with Gasteiger partial charge in [-0.15, -0.1) is 0 Å². The van der Waals surface area contributed by atoms with Gasteiger partial charge in [0, 0.05) is 16.1 Å². The van der Waals surface area contributed by atoms with Gasteiger partial charge in [-0.25, -0.2) is 0 Å². The maximum Gasteiger partial charge on any atom is 0.301 e. The number of amides is 1. The summed E-state index contributed by atoms with van der Waals surface area (Å²) >= 11 is 3.39. The quantitative estimate of drug-likeness (QED) is 0.347. The molecule has 1 aliphatic rings. The molecular formula is C22H17BrN2O5. The Labute approximate surface area is 180 Å². The number of aromatic nitrogens is 1. The minimum atomic E-state index is -0.857. The van der Waals surface area contributed by atoms with Gasteiger partial charge in [-0.2, -0.15) is 0 Å². The molecule has 0 aliphatic carbocycles. The SMILES string of the molecule is COc1ccc(C(O)=C2C(=O)C(=O)N(c3cc(C)on3)[C@H]2c2ccc(Br)cc2)cc1. The number of hydrogen-bond donors (Lipinski definition) is 1. The van der Waals surface area contributed by atoms with Gasteiger partial charge < -0.3 is 14.4 Å². The highest BCUT2D eigenvalue weighted by Crippen LogP contribution is 2.42. The van der Waals surface area contributed by atoms with Crippen molar-refractivity contribution in [2.75, 3.05) is 12.0 Å². The van der Waals surface area contributed by atoms with Crippen molar-refractivity contribution >= 4 is 39.2 Å². The molecule has 1 amide bonds. The number of benzene rings is 2. The Balaban J connectivity index is 1.91. The fraction of sp³-hybridized carbons (Fsp3) is 0.136. The lowest BCUT2D eigenvalue weighted by Crippen LogP contribution is -2.29. The zero-order chi connectivity index (χ0) is 21.4. The molecule has 1 aromatic heterocycles. The highest BCUT2D eigenvalue weighted by atomic mass is 79.9. The molecule has 8 heteroatoms. The Morgan fingerprint density at radius 2 is 1.80 bits per heavy atom. The van der Waals surface area contributed by atoms with E-state index in [2.05, 4.69) is 21.1 Å². The predicted molar refractivity (Wildman–Crippen MR) is 113 cm³/mol. The van der Waals surface area contributed by atoms with Crippen LogP contribution in [0, 0.1) is 6.92 Å². The number of hydrogen-bond acceptors (Lipinski definition) is 6. The first-order valence-electron chi connectivity index (χ1n) is 9.05. The van der Waals surface area contributed by atoms with E-state index in [1.165, 1.54) is 12.0 Å². The number of Topliss-reactive ketones (excluding diaryl/α,β-unsaturated/α-hetero) is 1. The van der Waals surface area contributed by atoms with E-state index in [0.29, 0.717) is 22.6 Å². The van der Waals surface area contributed by atoms with Crippen LogP contribution in [0.2, 0.25) is 0 Å². The number of aliphatic hydroxyl groups is 1. The third-order valence-corrected chi connectivity index (χ3v) is 5.38. The fourth-order valence-corrected chi connectivity index (χ4v) is 3.66. The average Bonchev–Trinajstić information content (AvgIpc) is 3.29. The second-order valence-corrected chi connectivity index (χ2v) is 7.66. The summed E-state index contributed by atoms with van der Waals surface area (Å²) in [5, 5.41) is 14.9. The van der Waals surface area contributed by atoms with Crippen molar-refractivity contribution in [3.63, 3.8) is 0 Å². The number of nitrogens with zero attached hydrogens (tertiary/aromatic N) is 2. The van der Waals surface area contributed by atoms with Gasteiger partial charge in [-0.3, -0.25) is 14.5 Å². The van der Waals surface area contributed by atoms with Gasteiger partial charge in [0.25, 0.3) is 5.78 Å². The van der Waals surface area contributed by atoms with Crippen LogP contribution in [-0.4, -0.2) is 29.1 Å². The molecule has 2 heterocycles. The second kappa shape index (κ2) is 7.79. The number of carbonyl (C=O) groups excluding carboxylic acids is 2. The van der Waals surface area contributed by atoms with Crippen LogP contribution in [0.4, 0.5) is 5.82 Å². The summed E-state index contributed by atoms with van der Waals surface area (Å²) in [6, 6.07) is 14.5.